The van der Waals surface area contributed by atoms with Crippen LogP contribution in [0.3, 0.4) is 0 Å². The second kappa shape index (κ2) is 7.09. The van der Waals surface area contributed by atoms with Crippen molar-refractivity contribution >= 4 is 28.6 Å². The maximum Gasteiger partial charge on any atom is 0.319 e. The van der Waals surface area contributed by atoms with Crippen LogP contribution in [-0.4, -0.2) is 19.0 Å². The quantitative estimate of drug-likeness (QED) is 0.682. The van der Waals surface area contributed by atoms with Crippen LogP contribution in [0.15, 0.2) is 52.9 Å². The van der Waals surface area contributed by atoms with Crippen LogP contribution in [-0.2, 0) is 6.54 Å². The van der Waals surface area contributed by atoms with Gasteiger partial charge < -0.3 is 20.4 Å². The van der Waals surface area contributed by atoms with E-state index in [0.29, 0.717) is 11.3 Å². The van der Waals surface area contributed by atoms with E-state index in [2.05, 4.69) is 16.0 Å². The Hall–Kier alpha value is -3.28. The van der Waals surface area contributed by atoms with Crippen molar-refractivity contribution in [2.75, 3.05) is 12.4 Å². The lowest BCUT2D eigenvalue weighted by Gasteiger charge is -2.08. The van der Waals surface area contributed by atoms with Gasteiger partial charge in [0.05, 0.1) is 6.54 Å². The molecule has 3 aromatic rings. The molecule has 0 atom stereocenters. The molecule has 0 aliphatic rings. The highest BCUT2D eigenvalue weighted by Crippen LogP contribution is 2.24. The van der Waals surface area contributed by atoms with Gasteiger partial charge in [0, 0.05) is 29.2 Å². The lowest BCUT2D eigenvalue weighted by Crippen LogP contribution is -2.28. The van der Waals surface area contributed by atoms with Crippen LogP contribution in [0.2, 0.25) is 0 Å². The first-order chi connectivity index (χ1) is 12.1. The van der Waals surface area contributed by atoms with Gasteiger partial charge in [-0.15, -0.1) is 0 Å². The van der Waals surface area contributed by atoms with Crippen molar-refractivity contribution in [3.8, 4) is 0 Å². The van der Waals surface area contributed by atoms with Crippen molar-refractivity contribution in [1.29, 1.82) is 0 Å². The molecule has 0 radical (unpaired) electrons. The Morgan fingerprint density at radius 2 is 1.88 bits per heavy atom. The van der Waals surface area contributed by atoms with Gasteiger partial charge >= 0.3 is 6.03 Å². The molecule has 0 saturated carbocycles. The normalized spacial score (nSPS) is 10.5. The van der Waals surface area contributed by atoms with Crippen LogP contribution >= 0.6 is 0 Å². The van der Waals surface area contributed by atoms with Gasteiger partial charge in [0.2, 0.25) is 0 Å². The standard InChI is InChI=1S/C19H19N3O3/c1-12-15-8-3-4-9-16(15)25-17(12)11-21-19(24)22-14-7-5-6-13(10-14)18(23)20-2/h3-10H,11H2,1-2H3,(H,20,23)(H2,21,22,24). The van der Waals surface area contributed by atoms with E-state index in [1.807, 2.05) is 31.2 Å². The van der Waals surface area contributed by atoms with Gasteiger partial charge in [-0.25, -0.2) is 4.79 Å². The molecular formula is C19H19N3O3. The van der Waals surface area contributed by atoms with E-state index in [-0.39, 0.29) is 18.5 Å². The molecule has 6 nitrogen and oxygen atoms in total. The third-order valence-corrected chi connectivity index (χ3v) is 3.96. The lowest BCUT2D eigenvalue weighted by molar-refractivity contribution is 0.0963. The topological polar surface area (TPSA) is 83.4 Å². The summed E-state index contributed by atoms with van der Waals surface area (Å²) in [5.41, 5.74) is 2.83. The largest absolute Gasteiger partial charge is 0.459 e. The van der Waals surface area contributed by atoms with E-state index >= 15 is 0 Å². The van der Waals surface area contributed by atoms with Gasteiger partial charge in [-0.2, -0.15) is 0 Å². The number of benzene rings is 2. The highest BCUT2D eigenvalue weighted by Gasteiger charge is 2.11. The number of amides is 3. The zero-order valence-corrected chi connectivity index (χ0v) is 14.1. The van der Waals surface area contributed by atoms with Crippen molar-refractivity contribution in [3.05, 3.63) is 65.4 Å². The maximum atomic E-state index is 12.1. The predicted molar refractivity (Wildman–Crippen MR) is 96.6 cm³/mol. The third-order valence-electron chi connectivity index (χ3n) is 3.96. The summed E-state index contributed by atoms with van der Waals surface area (Å²) in [5, 5.41) is 9.07. The van der Waals surface area contributed by atoms with E-state index < -0.39 is 0 Å². The summed E-state index contributed by atoms with van der Waals surface area (Å²) in [6, 6.07) is 14.1. The van der Waals surface area contributed by atoms with Crippen LogP contribution in [0.1, 0.15) is 21.7 Å². The van der Waals surface area contributed by atoms with Crippen LogP contribution in [0.25, 0.3) is 11.0 Å². The summed E-state index contributed by atoms with van der Waals surface area (Å²) in [6.07, 6.45) is 0. The number of hydrogen-bond donors (Lipinski definition) is 3. The molecule has 0 spiro atoms. The molecule has 3 amide bonds. The first-order valence-corrected chi connectivity index (χ1v) is 7.92. The van der Waals surface area contributed by atoms with E-state index in [1.54, 1.807) is 31.3 Å². The van der Waals surface area contributed by atoms with Gasteiger partial charge in [0.15, 0.2) is 0 Å². The van der Waals surface area contributed by atoms with Crippen LogP contribution in [0.5, 0.6) is 0 Å². The third kappa shape index (κ3) is 3.63. The van der Waals surface area contributed by atoms with E-state index in [4.69, 9.17) is 4.42 Å². The fourth-order valence-electron chi connectivity index (χ4n) is 2.61. The van der Waals surface area contributed by atoms with Gasteiger partial charge in [0.1, 0.15) is 11.3 Å². The Bertz CT molecular complexity index is 931. The number of nitrogens with one attached hydrogen (secondary N) is 3. The SMILES string of the molecule is CNC(=O)c1cccc(NC(=O)NCc2oc3ccccc3c2C)c1. The Morgan fingerprint density at radius 3 is 2.64 bits per heavy atom. The van der Waals surface area contributed by atoms with E-state index in [1.165, 1.54) is 0 Å². The molecule has 0 fully saturated rings. The van der Waals surface area contributed by atoms with Gasteiger partial charge in [-0.1, -0.05) is 24.3 Å². The molecule has 0 saturated heterocycles. The van der Waals surface area contributed by atoms with Gasteiger partial charge in [0.25, 0.3) is 5.91 Å². The molecule has 0 aliphatic carbocycles. The number of carbonyl (C=O) groups is 2. The van der Waals surface area contributed by atoms with Gasteiger partial charge in [-0.3, -0.25) is 4.79 Å². The molecule has 25 heavy (non-hydrogen) atoms. The molecule has 1 heterocycles. The molecule has 2 aromatic carbocycles. The maximum absolute atomic E-state index is 12.1. The molecule has 6 heteroatoms. The molecule has 0 aliphatic heterocycles. The first-order valence-electron chi connectivity index (χ1n) is 7.92. The number of urea groups is 1. The fourth-order valence-corrected chi connectivity index (χ4v) is 2.61. The number of furan rings is 1. The van der Waals surface area contributed by atoms with Crippen molar-refractivity contribution in [2.45, 2.75) is 13.5 Å². The number of carbonyl (C=O) groups excluding carboxylic acids is 2. The number of para-hydroxylation sites is 1. The molecule has 3 rings (SSSR count). The molecule has 1 aromatic heterocycles. The zero-order chi connectivity index (χ0) is 17.8. The second-order valence-electron chi connectivity index (χ2n) is 5.61. The Balaban J connectivity index is 1.65. The number of aryl methyl sites for hydroxylation is 1. The fraction of sp³-hybridized carbons (Fsp3) is 0.158. The number of hydrogen-bond acceptors (Lipinski definition) is 3. The molecule has 0 unspecified atom stereocenters. The molecule has 3 N–H and O–H groups in total. The average molecular weight is 337 g/mol. The summed E-state index contributed by atoms with van der Waals surface area (Å²) in [4.78, 5) is 23.7. The molecular weight excluding hydrogens is 318 g/mol. The van der Waals surface area contributed by atoms with Crippen LogP contribution < -0.4 is 16.0 Å². The predicted octanol–water partition coefficient (Wildman–Crippen LogP) is 3.42. The van der Waals surface area contributed by atoms with Crippen molar-refractivity contribution in [1.82, 2.24) is 10.6 Å². The minimum atomic E-state index is -0.367. The number of anilines is 1. The highest BCUT2D eigenvalue weighted by atomic mass is 16.3. The summed E-state index contributed by atoms with van der Waals surface area (Å²) < 4.78 is 5.77. The minimum absolute atomic E-state index is 0.207. The summed E-state index contributed by atoms with van der Waals surface area (Å²) in [5.74, 6) is 0.512. The lowest BCUT2D eigenvalue weighted by atomic mass is 10.1. The second-order valence-corrected chi connectivity index (χ2v) is 5.61. The average Bonchev–Trinajstić information content (AvgIpc) is 2.96. The Morgan fingerprint density at radius 1 is 1.08 bits per heavy atom. The van der Waals surface area contributed by atoms with Crippen molar-refractivity contribution < 1.29 is 14.0 Å². The van der Waals surface area contributed by atoms with E-state index in [0.717, 1.165) is 22.3 Å². The summed E-state index contributed by atoms with van der Waals surface area (Å²) >= 11 is 0. The van der Waals surface area contributed by atoms with Gasteiger partial charge in [-0.05, 0) is 31.2 Å². The molecule has 0 bridgehead atoms. The summed E-state index contributed by atoms with van der Waals surface area (Å²) in [6.45, 7) is 2.25. The Labute approximate surface area is 145 Å². The smallest absolute Gasteiger partial charge is 0.319 e. The Kier molecular flexibility index (Phi) is 4.70. The monoisotopic (exact) mass is 337 g/mol. The zero-order valence-electron chi connectivity index (χ0n) is 14.1. The first kappa shape index (κ1) is 16.6. The highest BCUT2D eigenvalue weighted by molar-refractivity contribution is 5.96. The van der Waals surface area contributed by atoms with Crippen molar-refractivity contribution in [2.24, 2.45) is 0 Å². The van der Waals surface area contributed by atoms with Crippen LogP contribution in [0.4, 0.5) is 10.5 Å². The minimum Gasteiger partial charge on any atom is -0.459 e. The number of rotatable bonds is 4. The van der Waals surface area contributed by atoms with Crippen LogP contribution in [0, 0.1) is 6.92 Å². The van der Waals surface area contributed by atoms with E-state index in [9.17, 15) is 9.59 Å². The molecule has 128 valence electrons. The number of fused-ring (bicyclic) bond motifs is 1. The van der Waals surface area contributed by atoms with Crippen molar-refractivity contribution in [3.63, 3.8) is 0 Å². The summed E-state index contributed by atoms with van der Waals surface area (Å²) in [7, 11) is 1.56.